The fourth-order valence-corrected chi connectivity index (χ4v) is 2.55. The lowest BCUT2D eigenvalue weighted by molar-refractivity contribution is 0.566. The van der Waals surface area contributed by atoms with E-state index in [-0.39, 0.29) is 11.0 Å². The van der Waals surface area contributed by atoms with Crippen LogP contribution in [0.15, 0.2) is 23.0 Å². The molecular weight excluding hydrogens is 244 g/mol. The molecule has 0 spiro atoms. The Kier molecular flexibility index (Phi) is 3.39. The van der Waals surface area contributed by atoms with Crippen molar-refractivity contribution in [2.24, 2.45) is 0 Å². The van der Waals surface area contributed by atoms with E-state index < -0.39 is 0 Å². The summed E-state index contributed by atoms with van der Waals surface area (Å²) in [4.78, 5) is 21.4. The SMILES string of the molecule is CCc1ccc(-c2nc(C(C)(C)C)cc(=O)[nH]2)s1. The minimum absolute atomic E-state index is 0.0867. The van der Waals surface area contributed by atoms with Gasteiger partial charge < -0.3 is 4.98 Å². The van der Waals surface area contributed by atoms with Crippen LogP contribution < -0.4 is 5.56 Å². The Morgan fingerprint density at radius 2 is 2.06 bits per heavy atom. The number of aromatic amines is 1. The maximum Gasteiger partial charge on any atom is 0.251 e. The van der Waals surface area contributed by atoms with Crippen LogP contribution in [0.2, 0.25) is 0 Å². The molecule has 0 aromatic carbocycles. The van der Waals surface area contributed by atoms with Crippen LogP contribution in [0.1, 0.15) is 38.3 Å². The number of H-pyrrole nitrogens is 1. The van der Waals surface area contributed by atoms with Gasteiger partial charge in [0.15, 0.2) is 5.82 Å². The maximum atomic E-state index is 11.7. The molecule has 0 saturated heterocycles. The minimum Gasteiger partial charge on any atom is -0.306 e. The molecule has 2 heterocycles. The largest absolute Gasteiger partial charge is 0.306 e. The molecule has 0 atom stereocenters. The van der Waals surface area contributed by atoms with E-state index in [1.807, 2.05) is 6.07 Å². The lowest BCUT2D eigenvalue weighted by Crippen LogP contribution is -2.19. The lowest BCUT2D eigenvalue weighted by Gasteiger charge is -2.17. The predicted octanol–water partition coefficient (Wildman–Crippen LogP) is 3.36. The first kappa shape index (κ1) is 13.0. The van der Waals surface area contributed by atoms with Gasteiger partial charge in [-0.1, -0.05) is 27.7 Å². The third-order valence-electron chi connectivity index (χ3n) is 2.75. The molecule has 0 saturated carbocycles. The van der Waals surface area contributed by atoms with Gasteiger partial charge in [0.25, 0.3) is 5.56 Å². The van der Waals surface area contributed by atoms with E-state index in [1.54, 1.807) is 17.4 Å². The number of rotatable bonds is 2. The van der Waals surface area contributed by atoms with Crippen molar-refractivity contribution in [3.05, 3.63) is 39.1 Å². The molecule has 0 aliphatic heterocycles. The van der Waals surface area contributed by atoms with Gasteiger partial charge in [0.1, 0.15) is 0 Å². The molecule has 0 fully saturated rings. The van der Waals surface area contributed by atoms with Crippen molar-refractivity contribution in [3.8, 4) is 10.7 Å². The van der Waals surface area contributed by atoms with Crippen molar-refractivity contribution >= 4 is 11.3 Å². The van der Waals surface area contributed by atoms with Gasteiger partial charge in [-0.3, -0.25) is 4.79 Å². The smallest absolute Gasteiger partial charge is 0.251 e. The molecule has 1 N–H and O–H groups in total. The second-order valence-corrected chi connectivity index (χ2v) is 6.52. The van der Waals surface area contributed by atoms with Crippen LogP contribution in [-0.4, -0.2) is 9.97 Å². The summed E-state index contributed by atoms with van der Waals surface area (Å²) in [5.41, 5.74) is 0.623. The van der Waals surface area contributed by atoms with Gasteiger partial charge in [-0.25, -0.2) is 4.98 Å². The summed E-state index contributed by atoms with van der Waals surface area (Å²) in [6.07, 6.45) is 1.01. The molecule has 3 nitrogen and oxygen atoms in total. The molecule has 4 heteroatoms. The van der Waals surface area contributed by atoms with Gasteiger partial charge in [-0.05, 0) is 18.6 Å². The van der Waals surface area contributed by atoms with E-state index in [2.05, 4.69) is 43.7 Å². The first-order valence-corrected chi connectivity index (χ1v) is 6.92. The Balaban J connectivity index is 2.51. The van der Waals surface area contributed by atoms with Gasteiger partial charge in [0, 0.05) is 16.4 Å². The van der Waals surface area contributed by atoms with E-state index >= 15 is 0 Å². The molecule has 2 aromatic rings. The summed E-state index contributed by atoms with van der Waals surface area (Å²) in [5, 5.41) is 0. The average molecular weight is 262 g/mol. The van der Waals surface area contributed by atoms with Crippen molar-refractivity contribution in [2.45, 2.75) is 39.5 Å². The van der Waals surface area contributed by atoms with Crippen molar-refractivity contribution in [3.63, 3.8) is 0 Å². The van der Waals surface area contributed by atoms with Crippen LogP contribution in [0.5, 0.6) is 0 Å². The maximum absolute atomic E-state index is 11.7. The number of aromatic nitrogens is 2. The Hall–Kier alpha value is -1.42. The van der Waals surface area contributed by atoms with Crippen LogP contribution in [0.4, 0.5) is 0 Å². The van der Waals surface area contributed by atoms with Gasteiger partial charge in [0.05, 0.1) is 10.6 Å². The van der Waals surface area contributed by atoms with Gasteiger partial charge >= 0.3 is 0 Å². The second kappa shape index (κ2) is 4.69. The van der Waals surface area contributed by atoms with E-state index in [9.17, 15) is 4.79 Å². The van der Waals surface area contributed by atoms with Crippen LogP contribution in [0.25, 0.3) is 10.7 Å². The fourth-order valence-electron chi connectivity index (χ4n) is 1.65. The van der Waals surface area contributed by atoms with Crippen LogP contribution >= 0.6 is 11.3 Å². The third kappa shape index (κ3) is 2.70. The van der Waals surface area contributed by atoms with Crippen molar-refractivity contribution in [1.82, 2.24) is 9.97 Å². The minimum atomic E-state index is -0.117. The van der Waals surface area contributed by atoms with Crippen LogP contribution in [0.3, 0.4) is 0 Å². The van der Waals surface area contributed by atoms with Gasteiger partial charge in [0.2, 0.25) is 0 Å². The number of nitrogens with zero attached hydrogens (tertiary/aromatic N) is 1. The zero-order valence-electron chi connectivity index (χ0n) is 11.2. The van der Waals surface area contributed by atoms with Crippen LogP contribution in [0, 0.1) is 0 Å². The van der Waals surface area contributed by atoms with E-state index in [4.69, 9.17) is 0 Å². The number of aryl methyl sites for hydroxylation is 1. The standard InChI is InChI=1S/C14H18N2OS/c1-5-9-6-7-10(18-9)13-15-11(14(2,3)4)8-12(17)16-13/h6-8H,5H2,1-4H3,(H,15,16,17). The Morgan fingerprint density at radius 1 is 1.33 bits per heavy atom. The highest BCUT2D eigenvalue weighted by atomic mass is 32.1. The quantitative estimate of drug-likeness (QED) is 0.902. The molecule has 0 unspecified atom stereocenters. The van der Waals surface area contributed by atoms with Gasteiger partial charge in [-0.15, -0.1) is 11.3 Å². The molecule has 2 rings (SSSR count). The molecular formula is C14H18N2OS. The summed E-state index contributed by atoms with van der Waals surface area (Å²) in [5.74, 6) is 0.678. The molecule has 0 aliphatic rings. The summed E-state index contributed by atoms with van der Waals surface area (Å²) < 4.78 is 0. The Labute approximate surface area is 111 Å². The van der Waals surface area contributed by atoms with E-state index in [0.29, 0.717) is 5.82 Å². The number of hydrogen-bond donors (Lipinski definition) is 1. The topological polar surface area (TPSA) is 45.8 Å². The first-order chi connectivity index (χ1) is 8.40. The zero-order valence-corrected chi connectivity index (χ0v) is 12.0. The van der Waals surface area contributed by atoms with Gasteiger partial charge in [-0.2, -0.15) is 0 Å². The molecule has 18 heavy (non-hydrogen) atoms. The molecule has 2 aromatic heterocycles. The van der Waals surface area contributed by atoms with Crippen molar-refractivity contribution in [2.75, 3.05) is 0 Å². The third-order valence-corrected chi connectivity index (χ3v) is 3.99. The summed E-state index contributed by atoms with van der Waals surface area (Å²) in [7, 11) is 0. The molecule has 0 amide bonds. The highest BCUT2D eigenvalue weighted by Crippen LogP contribution is 2.27. The summed E-state index contributed by atoms with van der Waals surface area (Å²) in [6.45, 7) is 8.30. The van der Waals surface area contributed by atoms with E-state index in [0.717, 1.165) is 17.0 Å². The highest BCUT2D eigenvalue weighted by Gasteiger charge is 2.17. The monoisotopic (exact) mass is 262 g/mol. The summed E-state index contributed by atoms with van der Waals surface area (Å²) >= 11 is 1.68. The normalized spacial score (nSPS) is 11.8. The Morgan fingerprint density at radius 3 is 2.61 bits per heavy atom. The second-order valence-electron chi connectivity index (χ2n) is 5.35. The fraction of sp³-hybridized carbons (Fsp3) is 0.429. The van der Waals surface area contributed by atoms with E-state index in [1.165, 1.54) is 4.88 Å². The zero-order chi connectivity index (χ0) is 13.3. The lowest BCUT2D eigenvalue weighted by atomic mass is 9.92. The summed E-state index contributed by atoms with van der Waals surface area (Å²) in [6, 6.07) is 5.69. The molecule has 0 radical (unpaired) electrons. The Bertz CT molecular complexity index is 605. The molecule has 0 bridgehead atoms. The van der Waals surface area contributed by atoms with Crippen LogP contribution in [-0.2, 0) is 11.8 Å². The molecule has 96 valence electrons. The first-order valence-electron chi connectivity index (χ1n) is 6.11. The average Bonchev–Trinajstić information content (AvgIpc) is 2.75. The number of thiophene rings is 1. The number of nitrogens with one attached hydrogen (secondary N) is 1. The van der Waals surface area contributed by atoms with Crippen molar-refractivity contribution < 1.29 is 0 Å². The predicted molar refractivity (Wildman–Crippen MR) is 76.2 cm³/mol. The molecule has 0 aliphatic carbocycles. The highest BCUT2D eigenvalue weighted by molar-refractivity contribution is 7.15. The van der Waals surface area contributed by atoms with Crippen molar-refractivity contribution in [1.29, 1.82) is 0 Å². The number of hydrogen-bond acceptors (Lipinski definition) is 3.